The molecule has 1 aromatic rings. The van der Waals surface area contributed by atoms with Crippen molar-refractivity contribution in [2.24, 2.45) is 0 Å². The lowest BCUT2D eigenvalue weighted by Gasteiger charge is -1.99. The fourth-order valence-corrected chi connectivity index (χ4v) is 1.23. The summed E-state index contributed by atoms with van der Waals surface area (Å²) in [5, 5.41) is 0.171. The zero-order valence-corrected chi connectivity index (χ0v) is 8.21. The monoisotopic (exact) mass is 209 g/mol. The third-order valence-electron chi connectivity index (χ3n) is 1.83. The van der Waals surface area contributed by atoms with Crippen LogP contribution in [0.4, 0.5) is 0 Å². The van der Waals surface area contributed by atoms with Crippen LogP contribution in [0.1, 0.15) is 5.56 Å². The third-order valence-corrected chi connectivity index (χ3v) is 2.18. The number of hydrogen-bond acceptors (Lipinski definition) is 4. The second-order valence-electron chi connectivity index (χ2n) is 2.80. The second-order valence-corrected chi connectivity index (χ2v) is 3.15. The minimum Gasteiger partial charge on any atom is -0.472 e. The Hall–Kier alpha value is -1.62. The molecule has 72 valence electrons. The fraction of sp³-hybridized carbons (Fsp3) is 0.111. The molecular formula is C9H7NO3S. The molecule has 1 aromatic heterocycles. The highest BCUT2D eigenvalue weighted by molar-refractivity contribution is 7.80. The van der Waals surface area contributed by atoms with Crippen molar-refractivity contribution in [1.82, 2.24) is 4.90 Å². The minimum absolute atomic E-state index is 0.171. The van der Waals surface area contributed by atoms with Gasteiger partial charge in [-0.15, -0.1) is 0 Å². The van der Waals surface area contributed by atoms with Gasteiger partial charge in [-0.1, -0.05) is 0 Å². The molecule has 0 aliphatic carbocycles. The number of nitrogens with zero attached hydrogens (tertiary/aromatic N) is 1. The van der Waals surface area contributed by atoms with E-state index < -0.39 is 0 Å². The van der Waals surface area contributed by atoms with Gasteiger partial charge in [0.25, 0.3) is 11.1 Å². The highest BCUT2D eigenvalue weighted by Gasteiger charge is 2.29. The summed E-state index contributed by atoms with van der Waals surface area (Å²) in [5.41, 5.74) is 0.770. The van der Waals surface area contributed by atoms with E-state index in [1.165, 1.54) is 17.4 Å². The van der Waals surface area contributed by atoms with Crippen molar-refractivity contribution >= 4 is 29.4 Å². The van der Waals surface area contributed by atoms with Gasteiger partial charge in [0.1, 0.15) is 0 Å². The first kappa shape index (κ1) is 8.96. The quantitative estimate of drug-likeness (QED) is 0.518. The van der Waals surface area contributed by atoms with Crippen molar-refractivity contribution in [3.8, 4) is 0 Å². The maximum atomic E-state index is 11.5. The molecule has 0 bridgehead atoms. The molecule has 14 heavy (non-hydrogen) atoms. The van der Waals surface area contributed by atoms with E-state index in [2.05, 4.69) is 0 Å². The lowest BCUT2D eigenvalue weighted by Crippen LogP contribution is -2.22. The Morgan fingerprint density at radius 2 is 2.36 bits per heavy atom. The standard InChI is InChI=1S/C9H7NO3S/c1-10-8(11)7(13-9(10)14)4-6-2-3-12-5-6/h2-5H,1H3/b7-4-. The first-order valence-corrected chi connectivity index (χ1v) is 4.33. The van der Waals surface area contributed by atoms with Crippen LogP contribution in [0.2, 0.25) is 0 Å². The highest BCUT2D eigenvalue weighted by Crippen LogP contribution is 2.18. The van der Waals surface area contributed by atoms with Gasteiger partial charge in [-0.3, -0.25) is 9.69 Å². The van der Waals surface area contributed by atoms with Gasteiger partial charge in [-0.25, -0.2) is 0 Å². The van der Waals surface area contributed by atoms with Crippen LogP contribution in [0, 0.1) is 0 Å². The predicted octanol–water partition coefficient (Wildman–Crippen LogP) is 1.39. The summed E-state index contributed by atoms with van der Waals surface area (Å²) < 4.78 is 9.94. The summed E-state index contributed by atoms with van der Waals surface area (Å²) in [4.78, 5) is 12.7. The van der Waals surface area contributed by atoms with E-state index in [9.17, 15) is 4.79 Å². The lowest BCUT2D eigenvalue weighted by atomic mass is 10.3. The van der Waals surface area contributed by atoms with E-state index in [0.29, 0.717) is 0 Å². The van der Waals surface area contributed by atoms with Crippen molar-refractivity contribution < 1.29 is 13.9 Å². The van der Waals surface area contributed by atoms with Crippen LogP contribution in [-0.2, 0) is 9.53 Å². The Balaban J connectivity index is 2.29. The van der Waals surface area contributed by atoms with Gasteiger partial charge in [0.2, 0.25) is 0 Å². The number of carbonyl (C=O) groups excluding carboxylic acids is 1. The molecule has 0 radical (unpaired) electrons. The summed E-state index contributed by atoms with van der Waals surface area (Å²) in [6, 6.07) is 1.73. The number of rotatable bonds is 1. The van der Waals surface area contributed by atoms with E-state index in [-0.39, 0.29) is 16.8 Å². The molecule has 0 atom stereocenters. The van der Waals surface area contributed by atoms with E-state index in [0.717, 1.165) is 5.56 Å². The summed E-state index contributed by atoms with van der Waals surface area (Å²) in [7, 11) is 1.57. The number of carbonyl (C=O) groups is 1. The first-order valence-electron chi connectivity index (χ1n) is 3.92. The van der Waals surface area contributed by atoms with Crippen LogP contribution in [0.3, 0.4) is 0 Å². The van der Waals surface area contributed by atoms with E-state index in [1.807, 2.05) is 0 Å². The van der Waals surface area contributed by atoms with Gasteiger partial charge >= 0.3 is 0 Å². The van der Waals surface area contributed by atoms with Crippen LogP contribution in [-0.4, -0.2) is 23.0 Å². The number of ether oxygens (including phenoxy) is 1. The largest absolute Gasteiger partial charge is 0.472 e. The van der Waals surface area contributed by atoms with E-state index in [1.54, 1.807) is 19.2 Å². The summed E-state index contributed by atoms with van der Waals surface area (Å²) >= 11 is 4.81. The molecule has 0 spiro atoms. The Labute approximate surface area is 85.7 Å². The van der Waals surface area contributed by atoms with Crippen molar-refractivity contribution in [2.75, 3.05) is 7.05 Å². The normalized spacial score (nSPS) is 19.2. The van der Waals surface area contributed by atoms with Crippen molar-refractivity contribution in [1.29, 1.82) is 0 Å². The van der Waals surface area contributed by atoms with Crippen LogP contribution in [0.5, 0.6) is 0 Å². The van der Waals surface area contributed by atoms with Crippen molar-refractivity contribution in [3.05, 3.63) is 29.9 Å². The highest BCUT2D eigenvalue weighted by atomic mass is 32.1. The zero-order valence-electron chi connectivity index (χ0n) is 7.39. The number of likely N-dealkylation sites (N-methyl/N-ethyl adjacent to an activating group) is 1. The second kappa shape index (κ2) is 3.26. The predicted molar refractivity (Wildman–Crippen MR) is 53.1 cm³/mol. The zero-order chi connectivity index (χ0) is 10.1. The van der Waals surface area contributed by atoms with Crippen LogP contribution in [0.15, 0.2) is 28.8 Å². The van der Waals surface area contributed by atoms with Gasteiger partial charge in [0.15, 0.2) is 5.76 Å². The van der Waals surface area contributed by atoms with E-state index in [4.69, 9.17) is 21.4 Å². The van der Waals surface area contributed by atoms with Crippen molar-refractivity contribution in [3.63, 3.8) is 0 Å². The summed E-state index contributed by atoms with van der Waals surface area (Å²) in [6.45, 7) is 0. The van der Waals surface area contributed by atoms with Crippen molar-refractivity contribution in [2.45, 2.75) is 0 Å². The molecule has 1 aliphatic rings. The van der Waals surface area contributed by atoms with Gasteiger partial charge in [0, 0.05) is 12.6 Å². The van der Waals surface area contributed by atoms with Gasteiger partial charge < -0.3 is 9.15 Å². The van der Waals surface area contributed by atoms with E-state index >= 15 is 0 Å². The van der Waals surface area contributed by atoms with Gasteiger partial charge in [-0.2, -0.15) is 0 Å². The topological polar surface area (TPSA) is 42.7 Å². The minimum atomic E-state index is -0.240. The molecule has 5 heteroatoms. The lowest BCUT2D eigenvalue weighted by molar-refractivity contribution is -0.122. The molecular weight excluding hydrogens is 202 g/mol. The fourth-order valence-electron chi connectivity index (χ4n) is 1.05. The maximum absolute atomic E-state index is 11.5. The van der Waals surface area contributed by atoms with Crippen LogP contribution in [0.25, 0.3) is 6.08 Å². The Morgan fingerprint density at radius 1 is 1.57 bits per heavy atom. The Morgan fingerprint density at radius 3 is 2.86 bits per heavy atom. The molecule has 1 saturated heterocycles. The smallest absolute Gasteiger partial charge is 0.296 e. The molecule has 4 nitrogen and oxygen atoms in total. The molecule has 0 unspecified atom stereocenters. The summed E-state index contributed by atoms with van der Waals surface area (Å²) in [6.07, 6.45) is 4.63. The number of furan rings is 1. The number of thiocarbonyl (C=S) groups is 1. The molecule has 1 aliphatic heterocycles. The molecule has 1 fully saturated rings. The van der Waals surface area contributed by atoms with Gasteiger partial charge in [-0.05, 0) is 24.4 Å². The molecule has 0 saturated carbocycles. The summed E-state index contributed by atoms with van der Waals surface area (Å²) in [5.74, 6) is -0.0184. The van der Waals surface area contributed by atoms with Gasteiger partial charge in [0.05, 0.1) is 12.5 Å². The molecule has 0 N–H and O–H groups in total. The Kier molecular flexibility index (Phi) is 2.09. The molecule has 1 amide bonds. The molecule has 2 heterocycles. The maximum Gasteiger partial charge on any atom is 0.296 e. The van der Waals surface area contributed by atoms with Crippen LogP contribution < -0.4 is 0 Å². The number of hydrogen-bond donors (Lipinski definition) is 0. The SMILES string of the molecule is CN1C(=O)/C(=C/c2ccoc2)OC1=S. The average molecular weight is 209 g/mol. The third kappa shape index (κ3) is 1.42. The molecule has 2 rings (SSSR count). The molecule has 0 aromatic carbocycles. The van der Waals surface area contributed by atoms with Crippen LogP contribution >= 0.6 is 12.2 Å². The number of amides is 1. The average Bonchev–Trinajstić information content (AvgIpc) is 2.73. The Bertz CT molecular complexity index is 408. The first-order chi connectivity index (χ1) is 6.68.